The smallest absolute Gasteiger partial charge is 0.384 e. The average molecular weight is 382 g/mol. The van der Waals surface area contributed by atoms with Gasteiger partial charge in [0.05, 0.1) is 16.4 Å². The minimum atomic E-state index is -1.59. The molecule has 2 aromatic rings. The molecule has 0 spiro atoms. The number of aromatic nitrogens is 1. The number of aliphatic imine (C=N–C) groups is 2. The second-order valence-corrected chi connectivity index (χ2v) is 6.07. The van der Waals surface area contributed by atoms with E-state index >= 15 is 0 Å². The summed E-state index contributed by atoms with van der Waals surface area (Å²) >= 11 is 5.98. The Morgan fingerprint density at radius 1 is 1.32 bits per heavy atom. The summed E-state index contributed by atoms with van der Waals surface area (Å²) in [4.78, 5) is 23.1. The van der Waals surface area contributed by atoms with E-state index < -0.39 is 10.7 Å². The third-order valence-electron chi connectivity index (χ3n) is 4.12. The van der Waals surface area contributed by atoms with Gasteiger partial charge in [0, 0.05) is 41.3 Å². The Kier molecular flexibility index (Phi) is 5.92. The molecule has 0 radical (unpaired) electrons. The predicted molar refractivity (Wildman–Crippen MR) is 103 cm³/mol. The normalized spacial score (nSPS) is 15.8. The van der Waals surface area contributed by atoms with Crippen molar-refractivity contribution in [2.24, 2.45) is 15.9 Å². The highest BCUT2D eigenvalue weighted by molar-refractivity contribution is 6.31. The Bertz CT molecular complexity index is 828. The van der Waals surface area contributed by atoms with Gasteiger partial charge in [-0.25, -0.2) is 0 Å². The zero-order chi connectivity index (χ0) is 17.2. The van der Waals surface area contributed by atoms with Gasteiger partial charge in [-0.2, -0.15) is 9.98 Å². The molecule has 132 valence electrons. The van der Waals surface area contributed by atoms with E-state index in [4.69, 9.17) is 11.6 Å². The highest BCUT2D eigenvalue weighted by Crippen LogP contribution is 2.30. The second-order valence-electron chi connectivity index (χ2n) is 5.64. The minimum absolute atomic E-state index is 0. The van der Waals surface area contributed by atoms with E-state index in [0.29, 0.717) is 18.0 Å². The zero-order valence-corrected chi connectivity index (χ0v) is 15.0. The van der Waals surface area contributed by atoms with E-state index in [0.717, 1.165) is 16.6 Å². The lowest BCUT2D eigenvalue weighted by molar-refractivity contribution is -0.575. The molecular formula is C16H17Cl2N5O2. The minimum Gasteiger partial charge on any atom is -0.384 e. The third kappa shape index (κ3) is 3.72. The number of pyridine rings is 1. The van der Waals surface area contributed by atoms with Crippen molar-refractivity contribution < 1.29 is 4.92 Å². The largest absolute Gasteiger partial charge is 0.414 e. The lowest BCUT2D eigenvalue weighted by Gasteiger charge is -2.21. The highest BCUT2D eigenvalue weighted by atomic mass is 35.5. The molecule has 1 atom stereocenters. The first kappa shape index (κ1) is 19.1. The van der Waals surface area contributed by atoms with Crippen molar-refractivity contribution in [3.05, 3.63) is 45.6 Å². The number of hydrogen-bond acceptors (Lipinski definition) is 6. The molecule has 2 heterocycles. The van der Waals surface area contributed by atoms with E-state index in [1.54, 1.807) is 19.2 Å². The van der Waals surface area contributed by atoms with Gasteiger partial charge in [-0.3, -0.25) is 15.1 Å². The van der Waals surface area contributed by atoms with Crippen LogP contribution in [-0.2, 0) is 0 Å². The average Bonchev–Trinajstić information content (AvgIpc) is 3.05. The molecule has 0 saturated heterocycles. The van der Waals surface area contributed by atoms with Crippen LogP contribution in [0.3, 0.4) is 0 Å². The van der Waals surface area contributed by atoms with Gasteiger partial charge in [-0.05, 0) is 30.7 Å². The third-order valence-corrected chi connectivity index (χ3v) is 4.36. The number of rotatable bonds is 6. The van der Waals surface area contributed by atoms with Crippen molar-refractivity contribution in [1.29, 1.82) is 0 Å². The maximum absolute atomic E-state index is 11.3. The lowest BCUT2D eigenvalue weighted by atomic mass is 10.00. The topological polar surface area (TPSA) is 92.8 Å². The van der Waals surface area contributed by atoms with Crippen LogP contribution in [0.2, 0.25) is 5.02 Å². The van der Waals surface area contributed by atoms with Crippen molar-refractivity contribution in [2.45, 2.75) is 19.1 Å². The summed E-state index contributed by atoms with van der Waals surface area (Å²) < 4.78 is 0. The number of anilines is 1. The van der Waals surface area contributed by atoms with Gasteiger partial charge in [-0.1, -0.05) is 18.5 Å². The van der Waals surface area contributed by atoms with Crippen LogP contribution in [-0.4, -0.2) is 34.7 Å². The molecule has 7 nitrogen and oxygen atoms in total. The van der Waals surface area contributed by atoms with Crippen molar-refractivity contribution in [2.75, 3.05) is 11.9 Å². The van der Waals surface area contributed by atoms with Gasteiger partial charge in [-0.15, -0.1) is 12.4 Å². The van der Waals surface area contributed by atoms with Crippen LogP contribution >= 0.6 is 24.0 Å². The van der Waals surface area contributed by atoms with E-state index in [9.17, 15) is 10.1 Å². The van der Waals surface area contributed by atoms with Crippen molar-refractivity contribution in [1.82, 2.24) is 4.98 Å². The molecule has 0 amide bonds. The molecule has 0 saturated carbocycles. The Morgan fingerprint density at radius 3 is 2.72 bits per heavy atom. The quantitative estimate of drug-likeness (QED) is 0.607. The molecule has 1 N–H and O–H groups in total. The van der Waals surface area contributed by atoms with Gasteiger partial charge in [0.2, 0.25) is 0 Å². The molecule has 3 rings (SSSR count). The second kappa shape index (κ2) is 7.76. The Morgan fingerprint density at radius 2 is 2.04 bits per heavy atom. The lowest BCUT2D eigenvalue weighted by Crippen LogP contribution is -2.40. The molecule has 0 aliphatic carbocycles. The van der Waals surface area contributed by atoms with Crippen molar-refractivity contribution in [3.63, 3.8) is 0 Å². The van der Waals surface area contributed by atoms with E-state index in [1.165, 1.54) is 12.4 Å². The number of nitro groups is 1. The van der Waals surface area contributed by atoms with E-state index in [2.05, 4.69) is 20.3 Å². The molecule has 9 heteroatoms. The number of nitrogens with one attached hydrogen (secondary N) is 1. The summed E-state index contributed by atoms with van der Waals surface area (Å²) in [5, 5.41) is 16.2. The summed E-state index contributed by atoms with van der Waals surface area (Å²) in [6.45, 7) is 2.35. The Hall–Kier alpha value is -2.25. The summed E-state index contributed by atoms with van der Waals surface area (Å²) in [5.41, 5.74) is 1.71. The first-order chi connectivity index (χ1) is 11.5. The summed E-state index contributed by atoms with van der Waals surface area (Å²) in [7, 11) is 0. The highest BCUT2D eigenvalue weighted by Gasteiger charge is 2.48. The first-order valence-corrected chi connectivity index (χ1v) is 7.92. The number of hydrogen-bond donors (Lipinski definition) is 1. The standard InChI is InChI=1S/C16H16ClN5O2.ClH/c1-11(16(22(23)24)20-8-9-21-16)4-6-18-14-5-7-19-15-10-12(17)2-3-13(14)15;/h2-3,5,7-11H,4,6H2,1H3,(H,18,19);1H. The molecule has 0 fully saturated rings. The Balaban J connectivity index is 0.00000225. The van der Waals surface area contributed by atoms with Crippen molar-refractivity contribution >= 4 is 53.0 Å². The van der Waals surface area contributed by atoms with Gasteiger partial charge < -0.3 is 5.32 Å². The molecule has 0 bridgehead atoms. The molecule has 1 unspecified atom stereocenters. The maximum atomic E-state index is 11.3. The summed E-state index contributed by atoms with van der Waals surface area (Å²) in [5.74, 6) is -1.92. The van der Waals surface area contributed by atoms with Crippen LogP contribution in [0.1, 0.15) is 13.3 Å². The Labute approximate surface area is 155 Å². The fourth-order valence-corrected chi connectivity index (χ4v) is 2.91. The SMILES string of the molecule is CC(CCNc1ccnc2cc(Cl)ccc12)C1([N+](=O)[O-])N=CC=N1.Cl. The number of fused-ring (bicyclic) bond motifs is 1. The molecular weight excluding hydrogens is 365 g/mol. The van der Waals surface area contributed by atoms with E-state index in [1.807, 2.05) is 18.2 Å². The molecule has 25 heavy (non-hydrogen) atoms. The van der Waals surface area contributed by atoms with Gasteiger partial charge >= 0.3 is 5.79 Å². The fraction of sp³-hybridized carbons (Fsp3) is 0.312. The molecule has 1 aliphatic rings. The van der Waals surface area contributed by atoms with Crippen molar-refractivity contribution in [3.8, 4) is 0 Å². The van der Waals surface area contributed by atoms with E-state index in [-0.39, 0.29) is 18.3 Å². The summed E-state index contributed by atoms with van der Waals surface area (Å²) in [6, 6.07) is 7.38. The number of nitrogens with zero attached hydrogens (tertiary/aromatic N) is 4. The van der Waals surface area contributed by atoms with Crippen LogP contribution in [0.5, 0.6) is 0 Å². The maximum Gasteiger partial charge on any atom is 0.414 e. The molecule has 1 aromatic carbocycles. The molecule has 1 aromatic heterocycles. The van der Waals surface area contributed by atoms with Crippen LogP contribution in [0.15, 0.2) is 40.4 Å². The van der Waals surface area contributed by atoms with Gasteiger partial charge in [0.25, 0.3) is 0 Å². The number of benzene rings is 1. The predicted octanol–water partition coefficient (Wildman–Crippen LogP) is 3.83. The number of halogens is 2. The first-order valence-electron chi connectivity index (χ1n) is 7.54. The van der Waals surface area contributed by atoms with Crippen LogP contribution in [0.4, 0.5) is 5.69 Å². The molecule has 1 aliphatic heterocycles. The van der Waals surface area contributed by atoms with Gasteiger partial charge in [0.1, 0.15) is 0 Å². The monoisotopic (exact) mass is 381 g/mol. The van der Waals surface area contributed by atoms with Crippen LogP contribution in [0.25, 0.3) is 10.9 Å². The zero-order valence-electron chi connectivity index (χ0n) is 13.4. The fourth-order valence-electron chi connectivity index (χ4n) is 2.74. The van der Waals surface area contributed by atoms with Crippen LogP contribution < -0.4 is 5.32 Å². The van der Waals surface area contributed by atoms with Crippen LogP contribution in [0, 0.1) is 16.0 Å². The van der Waals surface area contributed by atoms with Gasteiger partial charge in [0.15, 0.2) is 0 Å². The summed E-state index contributed by atoms with van der Waals surface area (Å²) in [6.07, 6.45) is 5.02.